The van der Waals surface area contributed by atoms with Crippen molar-refractivity contribution in [2.24, 2.45) is 0 Å². The Balaban J connectivity index is 1.55. The molecular weight excluding hydrogens is 299 g/mol. The maximum Gasteiger partial charge on any atom is 0.416 e. The van der Waals surface area contributed by atoms with E-state index in [0.717, 1.165) is 29.8 Å². The minimum atomic E-state index is -4.26. The Morgan fingerprint density at radius 2 is 1.57 bits per heavy atom. The lowest BCUT2D eigenvalue weighted by molar-refractivity contribution is -0.137. The maximum absolute atomic E-state index is 12.5. The zero-order valence-electron chi connectivity index (χ0n) is 12.9. The summed E-state index contributed by atoms with van der Waals surface area (Å²) in [6.45, 7) is 0.712. The van der Waals surface area contributed by atoms with E-state index in [2.05, 4.69) is 23.5 Å². The second-order valence-electron chi connectivity index (χ2n) is 6.06. The first-order chi connectivity index (χ1) is 11.0. The van der Waals surface area contributed by atoms with E-state index >= 15 is 0 Å². The van der Waals surface area contributed by atoms with Crippen molar-refractivity contribution in [1.82, 2.24) is 0 Å². The van der Waals surface area contributed by atoms with Crippen LogP contribution in [0.5, 0.6) is 0 Å². The number of alkyl halides is 3. The number of hydrogen-bond donors (Lipinski definition) is 1. The molecule has 0 atom stereocenters. The van der Waals surface area contributed by atoms with Gasteiger partial charge in [-0.15, -0.1) is 0 Å². The Bertz CT molecular complexity index is 659. The van der Waals surface area contributed by atoms with Gasteiger partial charge in [0.25, 0.3) is 0 Å². The predicted molar refractivity (Wildman–Crippen MR) is 86.7 cm³/mol. The van der Waals surface area contributed by atoms with Gasteiger partial charge < -0.3 is 5.32 Å². The van der Waals surface area contributed by atoms with Gasteiger partial charge in [-0.05, 0) is 73.1 Å². The van der Waals surface area contributed by atoms with Crippen molar-refractivity contribution in [3.63, 3.8) is 0 Å². The van der Waals surface area contributed by atoms with Crippen LogP contribution in [0.3, 0.4) is 0 Å². The summed E-state index contributed by atoms with van der Waals surface area (Å²) < 4.78 is 37.6. The summed E-state index contributed by atoms with van der Waals surface area (Å²) in [5.41, 5.74) is 4.28. The first-order valence-corrected chi connectivity index (χ1v) is 8.04. The lowest BCUT2D eigenvalue weighted by atomic mass is 9.91. The fourth-order valence-electron chi connectivity index (χ4n) is 3.05. The van der Waals surface area contributed by atoms with Gasteiger partial charge in [0.05, 0.1) is 5.56 Å². The molecule has 0 radical (unpaired) electrons. The number of rotatable bonds is 4. The fourth-order valence-corrected chi connectivity index (χ4v) is 3.05. The summed E-state index contributed by atoms with van der Waals surface area (Å²) >= 11 is 0. The van der Waals surface area contributed by atoms with Gasteiger partial charge in [0.15, 0.2) is 0 Å². The molecule has 3 rings (SSSR count). The first kappa shape index (κ1) is 15.9. The average molecular weight is 319 g/mol. The zero-order valence-corrected chi connectivity index (χ0v) is 12.9. The quantitative estimate of drug-likeness (QED) is 0.813. The van der Waals surface area contributed by atoms with Crippen LogP contribution in [0.25, 0.3) is 0 Å². The third-order valence-corrected chi connectivity index (χ3v) is 4.37. The number of nitrogens with one attached hydrogen (secondary N) is 1. The van der Waals surface area contributed by atoms with E-state index in [1.54, 1.807) is 12.1 Å². The molecule has 0 heterocycles. The normalized spacial score (nSPS) is 14.4. The Hall–Kier alpha value is -1.97. The van der Waals surface area contributed by atoms with Crippen molar-refractivity contribution in [3.8, 4) is 0 Å². The lowest BCUT2D eigenvalue weighted by Crippen LogP contribution is -2.08. The monoisotopic (exact) mass is 319 g/mol. The molecule has 122 valence electrons. The molecule has 0 bridgehead atoms. The highest BCUT2D eigenvalue weighted by molar-refractivity contribution is 5.49. The Morgan fingerprint density at radius 3 is 2.26 bits per heavy atom. The molecule has 0 aliphatic heterocycles. The van der Waals surface area contributed by atoms with Gasteiger partial charge >= 0.3 is 6.18 Å². The zero-order chi connectivity index (χ0) is 16.3. The summed E-state index contributed by atoms with van der Waals surface area (Å²) in [6, 6.07) is 11.9. The number of hydrogen-bond acceptors (Lipinski definition) is 1. The fraction of sp³-hybridized carbons (Fsp3) is 0.368. The highest BCUT2D eigenvalue weighted by atomic mass is 19.4. The number of benzene rings is 2. The molecule has 1 aliphatic rings. The molecule has 0 saturated heterocycles. The summed E-state index contributed by atoms with van der Waals surface area (Å²) in [5.74, 6) is 0. The number of halogens is 3. The van der Waals surface area contributed by atoms with E-state index in [1.807, 2.05) is 0 Å². The van der Waals surface area contributed by atoms with Crippen molar-refractivity contribution >= 4 is 5.69 Å². The average Bonchev–Trinajstić information content (AvgIpc) is 2.54. The molecule has 0 amide bonds. The molecule has 2 aromatic carbocycles. The van der Waals surface area contributed by atoms with Crippen LogP contribution in [-0.4, -0.2) is 6.54 Å². The Kier molecular flexibility index (Phi) is 4.60. The van der Waals surface area contributed by atoms with Gasteiger partial charge in [-0.3, -0.25) is 0 Å². The van der Waals surface area contributed by atoms with Crippen molar-refractivity contribution < 1.29 is 13.2 Å². The molecule has 2 aromatic rings. The molecular formula is C19H20F3N. The highest BCUT2D eigenvalue weighted by Crippen LogP contribution is 2.29. The van der Waals surface area contributed by atoms with Crippen LogP contribution in [0.4, 0.5) is 18.9 Å². The summed E-state index contributed by atoms with van der Waals surface area (Å²) in [5, 5.41) is 3.37. The first-order valence-electron chi connectivity index (χ1n) is 8.04. The second kappa shape index (κ2) is 6.65. The minimum Gasteiger partial charge on any atom is -0.385 e. The molecule has 0 saturated carbocycles. The predicted octanol–water partition coefficient (Wildman–Crippen LogP) is 5.24. The molecule has 1 N–H and O–H groups in total. The van der Waals surface area contributed by atoms with Gasteiger partial charge in [-0.2, -0.15) is 13.2 Å². The molecule has 0 spiro atoms. The van der Waals surface area contributed by atoms with Crippen LogP contribution in [0.2, 0.25) is 0 Å². The van der Waals surface area contributed by atoms with Gasteiger partial charge in [0.2, 0.25) is 0 Å². The molecule has 0 aromatic heterocycles. The van der Waals surface area contributed by atoms with Crippen molar-refractivity contribution in [1.29, 1.82) is 0 Å². The third-order valence-electron chi connectivity index (χ3n) is 4.37. The van der Waals surface area contributed by atoms with Crippen LogP contribution in [-0.2, 0) is 25.4 Å². The number of fused-ring (bicyclic) bond motifs is 1. The van der Waals surface area contributed by atoms with Crippen LogP contribution >= 0.6 is 0 Å². The molecule has 0 fully saturated rings. The second-order valence-corrected chi connectivity index (χ2v) is 6.06. The van der Waals surface area contributed by atoms with Crippen molar-refractivity contribution in [2.75, 3.05) is 11.9 Å². The van der Waals surface area contributed by atoms with Crippen LogP contribution in [0.1, 0.15) is 35.1 Å². The van der Waals surface area contributed by atoms with E-state index in [4.69, 9.17) is 0 Å². The van der Waals surface area contributed by atoms with Gasteiger partial charge in [-0.1, -0.05) is 18.2 Å². The van der Waals surface area contributed by atoms with E-state index < -0.39 is 11.7 Å². The highest BCUT2D eigenvalue weighted by Gasteiger charge is 2.29. The van der Waals surface area contributed by atoms with Crippen molar-refractivity contribution in [3.05, 3.63) is 64.7 Å². The summed E-state index contributed by atoms with van der Waals surface area (Å²) in [6.07, 6.45) is 1.27. The van der Waals surface area contributed by atoms with Crippen LogP contribution in [0.15, 0.2) is 42.5 Å². The van der Waals surface area contributed by atoms with Gasteiger partial charge in [-0.25, -0.2) is 0 Å². The van der Waals surface area contributed by atoms with E-state index in [0.29, 0.717) is 13.0 Å². The van der Waals surface area contributed by atoms with Crippen molar-refractivity contribution in [2.45, 2.75) is 38.3 Å². The third kappa shape index (κ3) is 4.06. The molecule has 1 nitrogen and oxygen atoms in total. The van der Waals surface area contributed by atoms with Gasteiger partial charge in [0.1, 0.15) is 0 Å². The number of anilines is 1. The number of aryl methyl sites for hydroxylation is 2. The van der Waals surface area contributed by atoms with Crippen LogP contribution in [0, 0.1) is 0 Å². The van der Waals surface area contributed by atoms with E-state index in [9.17, 15) is 13.2 Å². The summed E-state index contributed by atoms with van der Waals surface area (Å²) in [7, 11) is 0. The molecule has 4 heteroatoms. The minimum absolute atomic E-state index is 0.594. The maximum atomic E-state index is 12.5. The molecule has 23 heavy (non-hydrogen) atoms. The largest absolute Gasteiger partial charge is 0.416 e. The SMILES string of the molecule is FC(F)(F)c1ccc(CCNc2ccc3c(c2)CCCC3)cc1. The Labute approximate surface area is 134 Å². The van der Waals surface area contributed by atoms with Crippen LogP contribution < -0.4 is 5.32 Å². The lowest BCUT2D eigenvalue weighted by Gasteiger charge is -2.17. The standard InChI is InChI=1S/C19H20F3N/c20-19(21,22)17-8-5-14(6-9-17)11-12-23-18-10-7-15-3-1-2-4-16(15)13-18/h5-10,13,23H,1-4,11-12H2. The van der Waals surface area contributed by atoms with Gasteiger partial charge in [0, 0.05) is 12.2 Å². The molecule has 0 unspecified atom stereocenters. The topological polar surface area (TPSA) is 12.0 Å². The van der Waals surface area contributed by atoms with E-state index in [-0.39, 0.29) is 0 Å². The molecule has 1 aliphatic carbocycles. The Morgan fingerprint density at radius 1 is 0.870 bits per heavy atom. The smallest absolute Gasteiger partial charge is 0.385 e. The van der Waals surface area contributed by atoms with E-state index in [1.165, 1.54) is 30.4 Å². The summed E-state index contributed by atoms with van der Waals surface area (Å²) in [4.78, 5) is 0.